The lowest BCUT2D eigenvalue weighted by atomic mass is 10.2. The van der Waals surface area contributed by atoms with Crippen molar-refractivity contribution < 1.29 is 14.3 Å². The number of amides is 1. The molecule has 0 aliphatic carbocycles. The van der Waals surface area contributed by atoms with Gasteiger partial charge >= 0.3 is 0 Å². The first-order valence-electron chi connectivity index (χ1n) is 6.70. The third kappa shape index (κ3) is 6.49. The zero-order chi connectivity index (χ0) is 14.8. The number of nitrogens with zero attached hydrogens (tertiary/aromatic N) is 1. The lowest BCUT2D eigenvalue weighted by molar-refractivity contribution is -0.120. The molecule has 20 heavy (non-hydrogen) atoms. The molecule has 0 aromatic carbocycles. The average molecular weight is 281 g/mol. The molecule has 0 saturated carbocycles. The van der Waals surface area contributed by atoms with Crippen molar-refractivity contribution in [3.05, 3.63) is 23.9 Å². The minimum absolute atomic E-state index is 0.0581. The SMILES string of the molecule is COCCNC(=O)CNCc1cccnc1OC(C)C. The molecular weight excluding hydrogens is 258 g/mol. The molecule has 1 aromatic rings. The number of nitrogens with one attached hydrogen (secondary N) is 2. The second kappa shape index (κ2) is 9.28. The lowest BCUT2D eigenvalue weighted by Gasteiger charge is -2.13. The molecule has 0 spiro atoms. The Hall–Kier alpha value is -1.66. The van der Waals surface area contributed by atoms with Gasteiger partial charge in [-0.15, -0.1) is 0 Å². The fourth-order valence-corrected chi connectivity index (χ4v) is 1.55. The van der Waals surface area contributed by atoms with Gasteiger partial charge in [0.15, 0.2) is 0 Å². The molecule has 112 valence electrons. The van der Waals surface area contributed by atoms with E-state index in [1.54, 1.807) is 13.3 Å². The van der Waals surface area contributed by atoms with Gasteiger partial charge in [0.05, 0.1) is 19.3 Å². The van der Waals surface area contributed by atoms with Crippen LogP contribution in [-0.4, -0.2) is 43.8 Å². The molecule has 6 nitrogen and oxygen atoms in total. The van der Waals surface area contributed by atoms with Crippen molar-refractivity contribution in [2.45, 2.75) is 26.5 Å². The van der Waals surface area contributed by atoms with E-state index >= 15 is 0 Å². The zero-order valence-electron chi connectivity index (χ0n) is 12.3. The lowest BCUT2D eigenvalue weighted by Crippen LogP contribution is -2.35. The van der Waals surface area contributed by atoms with Crippen molar-refractivity contribution in [3.63, 3.8) is 0 Å². The van der Waals surface area contributed by atoms with E-state index in [2.05, 4.69) is 15.6 Å². The molecule has 1 heterocycles. The van der Waals surface area contributed by atoms with E-state index in [0.29, 0.717) is 25.6 Å². The smallest absolute Gasteiger partial charge is 0.234 e. The van der Waals surface area contributed by atoms with E-state index in [9.17, 15) is 4.79 Å². The molecule has 0 unspecified atom stereocenters. The monoisotopic (exact) mass is 281 g/mol. The quantitative estimate of drug-likeness (QED) is 0.653. The van der Waals surface area contributed by atoms with Crippen molar-refractivity contribution in [1.82, 2.24) is 15.6 Å². The number of methoxy groups -OCH3 is 1. The van der Waals surface area contributed by atoms with Gasteiger partial charge in [-0.25, -0.2) is 4.98 Å². The van der Waals surface area contributed by atoms with Crippen LogP contribution in [0.1, 0.15) is 19.4 Å². The Kier molecular flexibility index (Phi) is 7.60. The topological polar surface area (TPSA) is 72.5 Å². The normalized spacial score (nSPS) is 10.6. The summed E-state index contributed by atoms with van der Waals surface area (Å²) in [6, 6.07) is 3.78. The van der Waals surface area contributed by atoms with Crippen LogP contribution in [0, 0.1) is 0 Å². The second-order valence-electron chi connectivity index (χ2n) is 4.58. The molecule has 0 aliphatic heterocycles. The molecular formula is C14H23N3O3. The van der Waals surface area contributed by atoms with E-state index in [4.69, 9.17) is 9.47 Å². The van der Waals surface area contributed by atoms with Gasteiger partial charge in [-0.2, -0.15) is 0 Å². The highest BCUT2D eigenvalue weighted by molar-refractivity contribution is 5.77. The van der Waals surface area contributed by atoms with Crippen LogP contribution in [0.15, 0.2) is 18.3 Å². The van der Waals surface area contributed by atoms with Crippen LogP contribution >= 0.6 is 0 Å². The predicted octanol–water partition coefficient (Wildman–Crippen LogP) is 0.721. The van der Waals surface area contributed by atoms with Crippen LogP contribution in [0.2, 0.25) is 0 Å². The Bertz CT molecular complexity index is 410. The minimum Gasteiger partial charge on any atom is -0.475 e. The van der Waals surface area contributed by atoms with Gasteiger partial charge in [0, 0.05) is 32.0 Å². The average Bonchev–Trinajstić information content (AvgIpc) is 2.40. The Balaban J connectivity index is 2.36. The molecule has 1 amide bonds. The van der Waals surface area contributed by atoms with Crippen molar-refractivity contribution in [3.8, 4) is 5.88 Å². The van der Waals surface area contributed by atoms with E-state index in [1.807, 2.05) is 26.0 Å². The summed E-state index contributed by atoms with van der Waals surface area (Å²) < 4.78 is 10.5. The Morgan fingerprint density at radius 1 is 1.45 bits per heavy atom. The van der Waals surface area contributed by atoms with Crippen LogP contribution in [0.25, 0.3) is 0 Å². The molecule has 2 N–H and O–H groups in total. The van der Waals surface area contributed by atoms with Crippen LogP contribution in [0.4, 0.5) is 0 Å². The molecule has 0 radical (unpaired) electrons. The van der Waals surface area contributed by atoms with Gasteiger partial charge in [0.25, 0.3) is 0 Å². The Morgan fingerprint density at radius 3 is 2.95 bits per heavy atom. The summed E-state index contributed by atoms with van der Waals surface area (Å²) in [6.45, 7) is 5.73. The number of hydrogen-bond donors (Lipinski definition) is 2. The van der Waals surface area contributed by atoms with Crippen LogP contribution in [-0.2, 0) is 16.1 Å². The van der Waals surface area contributed by atoms with E-state index in [-0.39, 0.29) is 18.6 Å². The fourth-order valence-electron chi connectivity index (χ4n) is 1.55. The van der Waals surface area contributed by atoms with Crippen LogP contribution in [0.5, 0.6) is 5.88 Å². The third-order valence-corrected chi connectivity index (χ3v) is 2.43. The maximum atomic E-state index is 11.5. The molecule has 1 aromatic heterocycles. The Labute approximate surface area is 119 Å². The summed E-state index contributed by atoms with van der Waals surface area (Å²) in [5.74, 6) is 0.548. The van der Waals surface area contributed by atoms with Gasteiger partial charge in [-0.05, 0) is 19.9 Å². The number of carbonyl (C=O) groups excluding carboxylic acids is 1. The zero-order valence-corrected chi connectivity index (χ0v) is 12.3. The summed E-state index contributed by atoms with van der Waals surface area (Å²) in [5.41, 5.74) is 0.936. The molecule has 0 bridgehead atoms. The van der Waals surface area contributed by atoms with Crippen LogP contribution in [0.3, 0.4) is 0 Å². The maximum Gasteiger partial charge on any atom is 0.234 e. The van der Waals surface area contributed by atoms with Gasteiger partial charge < -0.3 is 20.1 Å². The highest BCUT2D eigenvalue weighted by atomic mass is 16.5. The summed E-state index contributed by atoms with van der Waals surface area (Å²) in [4.78, 5) is 15.7. The molecule has 0 fully saturated rings. The first-order chi connectivity index (χ1) is 9.63. The predicted molar refractivity (Wildman–Crippen MR) is 76.6 cm³/mol. The number of pyridine rings is 1. The summed E-state index contributed by atoms with van der Waals surface area (Å²) >= 11 is 0. The fraction of sp³-hybridized carbons (Fsp3) is 0.571. The maximum absolute atomic E-state index is 11.5. The van der Waals surface area contributed by atoms with Gasteiger partial charge in [0.2, 0.25) is 11.8 Å². The molecule has 1 rings (SSSR count). The van der Waals surface area contributed by atoms with E-state index in [0.717, 1.165) is 5.56 Å². The van der Waals surface area contributed by atoms with Gasteiger partial charge in [-0.3, -0.25) is 4.79 Å². The number of ether oxygens (including phenoxy) is 2. The molecule has 0 atom stereocenters. The second-order valence-corrected chi connectivity index (χ2v) is 4.58. The molecule has 0 saturated heterocycles. The Morgan fingerprint density at radius 2 is 2.25 bits per heavy atom. The number of carbonyl (C=O) groups is 1. The molecule has 6 heteroatoms. The first-order valence-corrected chi connectivity index (χ1v) is 6.70. The minimum atomic E-state index is -0.0581. The third-order valence-electron chi connectivity index (χ3n) is 2.43. The summed E-state index contributed by atoms with van der Waals surface area (Å²) in [6.07, 6.45) is 1.76. The van der Waals surface area contributed by atoms with Crippen molar-refractivity contribution in [2.24, 2.45) is 0 Å². The summed E-state index contributed by atoms with van der Waals surface area (Å²) in [5, 5.41) is 5.81. The van der Waals surface area contributed by atoms with Crippen molar-refractivity contribution in [2.75, 3.05) is 26.8 Å². The highest BCUT2D eigenvalue weighted by Gasteiger charge is 2.07. The number of rotatable bonds is 9. The molecule has 0 aliphatic rings. The van der Waals surface area contributed by atoms with Crippen molar-refractivity contribution >= 4 is 5.91 Å². The van der Waals surface area contributed by atoms with Gasteiger partial charge in [-0.1, -0.05) is 6.07 Å². The largest absolute Gasteiger partial charge is 0.475 e. The number of hydrogen-bond acceptors (Lipinski definition) is 5. The standard InChI is InChI=1S/C14H23N3O3/c1-11(2)20-14-12(5-4-6-17-14)9-15-10-13(18)16-7-8-19-3/h4-6,11,15H,7-10H2,1-3H3,(H,16,18). The highest BCUT2D eigenvalue weighted by Crippen LogP contribution is 2.15. The first kappa shape index (κ1) is 16.4. The van der Waals surface area contributed by atoms with Gasteiger partial charge in [0.1, 0.15) is 0 Å². The number of aromatic nitrogens is 1. The van der Waals surface area contributed by atoms with Crippen LogP contribution < -0.4 is 15.4 Å². The van der Waals surface area contributed by atoms with Crippen molar-refractivity contribution in [1.29, 1.82) is 0 Å². The van der Waals surface area contributed by atoms with E-state index in [1.165, 1.54) is 0 Å². The van der Waals surface area contributed by atoms with E-state index < -0.39 is 0 Å². The summed E-state index contributed by atoms with van der Waals surface area (Å²) in [7, 11) is 1.60.